The van der Waals surface area contributed by atoms with Crippen molar-refractivity contribution in [3.8, 4) is 0 Å². The van der Waals surface area contributed by atoms with E-state index in [0.29, 0.717) is 18.4 Å². The number of ether oxygens (including phenoxy) is 1. The van der Waals surface area contributed by atoms with Crippen LogP contribution in [0.3, 0.4) is 0 Å². The van der Waals surface area contributed by atoms with Gasteiger partial charge in [-0.2, -0.15) is 13.2 Å². The number of likely N-dealkylation sites (tertiary alicyclic amines) is 1. The molecule has 1 saturated carbocycles. The van der Waals surface area contributed by atoms with E-state index in [2.05, 4.69) is 10.2 Å². The van der Waals surface area contributed by atoms with Crippen LogP contribution in [-0.4, -0.2) is 60.4 Å². The van der Waals surface area contributed by atoms with Gasteiger partial charge >= 0.3 is 12.1 Å². The smallest absolute Gasteiger partial charge is 0.475 e. The molecule has 6 nitrogen and oxygen atoms in total. The molecule has 1 amide bonds. The van der Waals surface area contributed by atoms with Gasteiger partial charge in [0.1, 0.15) is 5.82 Å². The molecule has 3 fully saturated rings. The third kappa shape index (κ3) is 6.90. The molecule has 0 aromatic heterocycles. The standard InChI is InChI=1S/C19H25FN2O2.C2HF3O2/c20-16-3-1-2-13(8-16)10-22-7-6-17-15(11-22)12-24-18(17)9-21-19(23)14-4-5-14;3-2(4,5)1(6)7/h1-3,8,14-15,17-18H,4-7,9-12H2,(H,21,23);(H,6,7)/t15-,17-,18+;/m1./s1. The number of halogens is 4. The number of rotatable bonds is 5. The van der Waals surface area contributed by atoms with Crippen molar-refractivity contribution < 1.29 is 37.0 Å². The van der Waals surface area contributed by atoms with Crippen LogP contribution < -0.4 is 5.32 Å². The molecule has 31 heavy (non-hydrogen) atoms. The summed E-state index contributed by atoms with van der Waals surface area (Å²) in [6.07, 6.45) is -1.75. The van der Waals surface area contributed by atoms with Crippen LogP contribution in [0.2, 0.25) is 0 Å². The Kier molecular flexibility index (Phi) is 7.53. The van der Waals surface area contributed by atoms with Crippen molar-refractivity contribution in [1.29, 1.82) is 0 Å². The highest BCUT2D eigenvalue weighted by Gasteiger charge is 2.41. The number of carboxylic acids is 1. The minimum absolute atomic E-state index is 0.161. The lowest BCUT2D eigenvalue weighted by Crippen LogP contribution is -2.43. The molecule has 1 aromatic carbocycles. The number of hydrogen-bond donors (Lipinski definition) is 2. The average molecular weight is 446 g/mol. The maximum Gasteiger partial charge on any atom is 0.490 e. The van der Waals surface area contributed by atoms with Gasteiger partial charge in [-0.05, 0) is 49.4 Å². The number of nitrogens with zero attached hydrogens (tertiary/aromatic N) is 1. The van der Waals surface area contributed by atoms with Crippen LogP contribution in [0.4, 0.5) is 17.6 Å². The topological polar surface area (TPSA) is 78.9 Å². The number of piperidine rings is 1. The Bertz CT molecular complexity index is 785. The van der Waals surface area contributed by atoms with Gasteiger partial charge in [-0.3, -0.25) is 9.69 Å². The fourth-order valence-electron chi connectivity index (χ4n) is 4.10. The zero-order valence-electron chi connectivity index (χ0n) is 16.9. The molecule has 0 spiro atoms. The maximum absolute atomic E-state index is 13.3. The fourth-order valence-corrected chi connectivity index (χ4v) is 4.10. The highest BCUT2D eigenvalue weighted by Crippen LogP contribution is 2.35. The molecular formula is C21H26F4N2O4. The largest absolute Gasteiger partial charge is 0.490 e. The first-order valence-corrected chi connectivity index (χ1v) is 10.3. The van der Waals surface area contributed by atoms with E-state index < -0.39 is 12.1 Å². The zero-order valence-corrected chi connectivity index (χ0v) is 16.9. The molecule has 0 bridgehead atoms. The van der Waals surface area contributed by atoms with Crippen LogP contribution in [0.1, 0.15) is 24.8 Å². The highest BCUT2D eigenvalue weighted by molar-refractivity contribution is 5.80. The lowest BCUT2D eigenvalue weighted by Gasteiger charge is -2.35. The van der Waals surface area contributed by atoms with E-state index in [4.69, 9.17) is 14.6 Å². The Morgan fingerprint density at radius 3 is 2.55 bits per heavy atom. The van der Waals surface area contributed by atoms with Gasteiger partial charge < -0.3 is 15.2 Å². The number of aliphatic carboxylic acids is 1. The summed E-state index contributed by atoms with van der Waals surface area (Å²) in [5, 5.41) is 10.2. The van der Waals surface area contributed by atoms with Gasteiger partial charge in [-0.1, -0.05) is 12.1 Å². The Morgan fingerprint density at radius 1 is 1.23 bits per heavy atom. The molecule has 2 saturated heterocycles. The van der Waals surface area contributed by atoms with E-state index in [9.17, 15) is 22.4 Å². The summed E-state index contributed by atoms with van der Waals surface area (Å²) in [4.78, 5) is 23.1. The van der Waals surface area contributed by atoms with Crippen LogP contribution in [-0.2, 0) is 20.9 Å². The molecule has 2 aliphatic heterocycles. The lowest BCUT2D eigenvalue weighted by molar-refractivity contribution is -0.192. The molecule has 0 radical (unpaired) electrons. The summed E-state index contributed by atoms with van der Waals surface area (Å²) in [5.74, 6) is -1.41. The number of carbonyl (C=O) groups is 2. The maximum atomic E-state index is 13.3. The number of alkyl halides is 3. The monoisotopic (exact) mass is 446 g/mol. The SMILES string of the molecule is O=C(NC[C@@H]1OC[C@H]2CN(Cc3cccc(F)c3)CC[C@H]21)C1CC1.O=C(O)C(F)(F)F. The second kappa shape index (κ2) is 9.95. The van der Waals surface area contributed by atoms with E-state index in [1.807, 2.05) is 6.07 Å². The normalized spacial score (nSPS) is 25.9. The molecule has 10 heteroatoms. The van der Waals surface area contributed by atoms with Crippen molar-refractivity contribution in [2.45, 2.75) is 38.1 Å². The third-order valence-corrected chi connectivity index (χ3v) is 5.84. The highest BCUT2D eigenvalue weighted by atomic mass is 19.4. The number of carbonyl (C=O) groups excluding carboxylic acids is 1. The van der Waals surface area contributed by atoms with Crippen LogP contribution >= 0.6 is 0 Å². The predicted octanol–water partition coefficient (Wildman–Crippen LogP) is 2.82. The zero-order chi connectivity index (χ0) is 22.6. The van der Waals surface area contributed by atoms with Gasteiger partial charge in [0.15, 0.2) is 0 Å². The number of hydrogen-bond acceptors (Lipinski definition) is 4. The summed E-state index contributed by atoms with van der Waals surface area (Å²) in [5.41, 5.74) is 1.03. The molecular weight excluding hydrogens is 420 g/mol. The van der Waals surface area contributed by atoms with E-state index >= 15 is 0 Å². The number of fused-ring (bicyclic) bond motifs is 1. The Hall–Kier alpha value is -2.20. The number of nitrogens with one attached hydrogen (secondary N) is 1. The van der Waals surface area contributed by atoms with E-state index in [-0.39, 0.29) is 23.7 Å². The fraction of sp³-hybridized carbons (Fsp3) is 0.619. The molecule has 2 N–H and O–H groups in total. The molecule has 4 rings (SSSR count). The van der Waals surface area contributed by atoms with Crippen LogP contribution in [0.5, 0.6) is 0 Å². The molecule has 3 atom stereocenters. The number of benzene rings is 1. The lowest BCUT2D eigenvalue weighted by atomic mass is 9.84. The molecule has 3 aliphatic rings. The van der Waals surface area contributed by atoms with Crippen molar-refractivity contribution in [3.63, 3.8) is 0 Å². The molecule has 1 aromatic rings. The first-order chi connectivity index (χ1) is 14.6. The quantitative estimate of drug-likeness (QED) is 0.681. The second-order valence-electron chi connectivity index (χ2n) is 8.27. The van der Waals surface area contributed by atoms with Gasteiger partial charge in [0.05, 0.1) is 12.7 Å². The Balaban J connectivity index is 0.000000339. The third-order valence-electron chi connectivity index (χ3n) is 5.84. The summed E-state index contributed by atoms with van der Waals surface area (Å²) >= 11 is 0. The van der Waals surface area contributed by atoms with Crippen molar-refractivity contribution >= 4 is 11.9 Å². The molecule has 172 valence electrons. The Labute approximate surface area is 177 Å². The first-order valence-electron chi connectivity index (χ1n) is 10.3. The van der Waals surface area contributed by atoms with Crippen LogP contribution in [0, 0.1) is 23.6 Å². The van der Waals surface area contributed by atoms with E-state index in [0.717, 1.165) is 51.1 Å². The minimum Gasteiger partial charge on any atom is -0.475 e. The van der Waals surface area contributed by atoms with Crippen molar-refractivity contribution in [1.82, 2.24) is 10.2 Å². The van der Waals surface area contributed by atoms with Crippen LogP contribution in [0.25, 0.3) is 0 Å². The first kappa shape index (κ1) is 23.5. The van der Waals surface area contributed by atoms with Gasteiger partial charge in [-0.25, -0.2) is 9.18 Å². The number of carboxylic acid groups (broad SMARTS) is 1. The predicted molar refractivity (Wildman–Crippen MR) is 102 cm³/mol. The van der Waals surface area contributed by atoms with Gasteiger partial charge in [0.2, 0.25) is 5.91 Å². The number of amides is 1. The van der Waals surface area contributed by atoms with Gasteiger partial charge in [-0.15, -0.1) is 0 Å². The van der Waals surface area contributed by atoms with Gasteiger partial charge in [0.25, 0.3) is 0 Å². The molecule has 0 unspecified atom stereocenters. The van der Waals surface area contributed by atoms with Crippen molar-refractivity contribution in [2.75, 3.05) is 26.2 Å². The second-order valence-corrected chi connectivity index (χ2v) is 8.27. The van der Waals surface area contributed by atoms with Crippen molar-refractivity contribution in [2.24, 2.45) is 17.8 Å². The van der Waals surface area contributed by atoms with Crippen LogP contribution in [0.15, 0.2) is 24.3 Å². The summed E-state index contributed by atoms with van der Waals surface area (Å²) in [6, 6.07) is 6.86. The minimum atomic E-state index is -5.08. The molecule has 2 heterocycles. The van der Waals surface area contributed by atoms with E-state index in [1.54, 1.807) is 12.1 Å². The Morgan fingerprint density at radius 2 is 1.94 bits per heavy atom. The summed E-state index contributed by atoms with van der Waals surface area (Å²) < 4.78 is 51.0. The molecule has 1 aliphatic carbocycles. The van der Waals surface area contributed by atoms with Crippen molar-refractivity contribution in [3.05, 3.63) is 35.6 Å². The summed E-state index contributed by atoms with van der Waals surface area (Å²) in [6.45, 7) is 4.22. The van der Waals surface area contributed by atoms with E-state index in [1.165, 1.54) is 6.07 Å². The average Bonchev–Trinajstić information content (AvgIpc) is 3.47. The van der Waals surface area contributed by atoms with Gasteiger partial charge in [0, 0.05) is 31.5 Å². The summed E-state index contributed by atoms with van der Waals surface area (Å²) in [7, 11) is 0.